The molecule has 0 saturated carbocycles. The summed E-state index contributed by atoms with van der Waals surface area (Å²) in [5, 5.41) is 7.82. The topological polar surface area (TPSA) is 76.0 Å². The maximum atomic E-state index is 13.2. The van der Waals surface area contributed by atoms with Crippen LogP contribution in [0.15, 0.2) is 96.0 Å². The first-order valence-corrected chi connectivity index (χ1v) is 11.5. The molecule has 1 aromatic heterocycles. The molecule has 0 aliphatic rings. The largest absolute Gasteiger partial charge is 0.356 e. The van der Waals surface area contributed by atoms with Gasteiger partial charge in [-0.2, -0.15) is 5.10 Å². The summed E-state index contributed by atoms with van der Waals surface area (Å²) in [6.07, 6.45) is 1.58. The monoisotopic (exact) mass is 432 g/mol. The normalized spacial score (nSPS) is 11.5. The predicted molar refractivity (Wildman–Crippen MR) is 125 cm³/mol. The summed E-state index contributed by atoms with van der Waals surface area (Å²) in [6.45, 7) is 3.92. The van der Waals surface area contributed by atoms with E-state index in [1.54, 1.807) is 23.0 Å². The number of anilines is 3. The predicted octanol–water partition coefficient (Wildman–Crippen LogP) is 5.68. The van der Waals surface area contributed by atoms with Crippen LogP contribution in [0.25, 0.3) is 11.3 Å². The van der Waals surface area contributed by atoms with E-state index in [2.05, 4.69) is 15.1 Å². The molecule has 4 rings (SSSR count). The van der Waals surface area contributed by atoms with Gasteiger partial charge in [0.1, 0.15) is 10.6 Å². The van der Waals surface area contributed by atoms with Gasteiger partial charge in [-0.15, -0.1) is 0 Å². The van der Waals surface area contributed by atoms with E-state index < -0.39 is 10.0 Å². The molecule has 0 saturated heterocycles. The lowest BCUT2D eigenvalue weighted by molar-refractivity contribution is 0.532. The van der Waals surface area contributed by atoms with Gasteiger partial charge in [0, 0.05) is 34.9 Å². The van der Waals surface area contributed by atoms with Crippen LogP contribution in [0.1, 0.15) is 19.9 Å². The van der Waals surface area contributed by atoms with E-state index >= 15 is 0 Å². The summed E-state index contributed by atoms with van der Waals surface area (Å²) in [5.74, 6) is 0. The number of hydrogen-bond acceptors (Lipinski definition) is 4. The Morgan fingerprint density at radius 3 is 1.94 bits per heavy atom. The molecule has 0 fully saturated rings. The van der Waals surface area contributed by atoms with Gasteiger partial charge < -0.3 is 5.32 Å². The highest BCUT2D eigenvalue weighted by molar-refractivity contribution is 7.92. The van der Waals surface area contributed by atoms with Crippen LogP contribution in [0.2, 0.25) is 0 Å². The molecule has 3 aromatic carbocycles. The van der Waals surface area contributed by atoms with E-state index in [1.807, 2.05) is 86.6 Å². The standard InChI is InChI=1S/C24H24N4O2S/c1-18(2)28-17-23(24(26-28)19-9-5-3-6-10-19)31(29,30)27-22-15-13-21(14-16-22)25-20-11-7-4-8-12-20/h3-18,25,27H,1-2H3. The van der Waals surface area contributed by atoms with E-state index in [4.69, 9.17) is 0 Å². The number of hydrogen-bond donors (Lipinski definition) is 2. The molecule has 7 heteroatoms. The van der Waals surface area contributed by atoms with Crippen LogP contribution in [0, 0.1) is 0 Å². The molecular formula is C24H24N4O2S. The highest BCUT2D eigenvalue weighted by Gasteiger charge is 2.24. The Balaban J connectivity index is 1.60. The first kappa shape index (κ1) is 20.7. The van der Waals surface area contributed by atoms with Gasteiger partial charge in [-0.05, 0) is 50.2 Å². The van der Waals surface area contributed by atoms with Gasteiger partial charge in [0.05, 0.1) is 0 Å². The number of rotatable bonds is 7. The Labute approximate surface area is 182 Å². The Morgan fingerprint density at radius 2 is 1.32 bits per heavy atom. The molecule has 158 valence electrons. The second-order valence-corrected chi connectivity index (χ2v) is 9.11. The lowest BCUT2D eigenvalue weighted by Crippen LogP contribution is -2.13. The van der Waals surface area contributed by atoms with Gasteiger partial charge in [0.25, 0.3) is 10.0 Å². The fourth-order valence-electron chi connectivity index (χ4n) is 3.15. The molecule has 0 amide bonds. The van der Waals surface area contributed by atoms with Gasteiger partial charge >= 0.3 is 0 Å². The van der Waals surface area contributed by atoms with E-state index in [1.165, 1.54) is 0 Å². The first-order valence-electron chi connectivity index (χ1n) is 10.0. The Bertz CT molecular complexity index is 1250. The zero-order valence-corrected chi connectivity index (χ0v) is 18.2. The quantitative estimate of drug-likeness (QED) is 0.394. The Morgan fingerprint density at radius 1 is 0.774 bits per heavy atom. The molecule has 4 aromatic rings. The highest BCUT2D eigenvalue weighted by Crippen LogP contribution is 2.29. The minimum atomic E-state index is -3.83. The van der Waals surface area contributed by atoms with Gasteiger partial charge in [0.2, 0.25) is 0 Å². The van der Waals surface area contributed by atoms with Crippen molar-refractivity contribution in [1.82, 2.24) is 9.78 Å². The van der Waals surface area contributed by atoms with Crippen LogP contribution in [-0.4, -0.2) is 18.2 Å². The third kappa shape index (κ3) is 4.78. The van der Waals surface area contributed by atoms with Crippen LogP contribution in [0.4, 0.5) is 17.1 Å². The van der Waals surface area contributed by atoms with Crippen LogP contribution in [0.3, 0.4) is 0 Å². The third-order valence-electron chi connectivity index (χ3n) is 4.76. The molecule has 1 heterocycles. The van der Waals surface area contributed by atoms with E-state index in [9.17, 15) is 8.42 Å². The SMILES string of the molecule is CC(C)n1cc(S(=O)(=O)Nc2ccc(Nc3ccccc3)cc2)c(-c2ccccc2)n1. The molecule has 31 heavy (non-hydrogen) atoms. The number of para-hydroxylation sites is 1. The lowest BCUT2D eigenvalue weighted by atomic mass is 10.2. The molecule has 0 unspecified atom stereocenters. The number of sulfonamides is 1. The van der Waals surface area contributed by atoms with Crippen molar-refractivity contribution < 1.29 is 8.42 Å². The van der Waals surface area contributed by atoms with Crippen LogP contribution in [-0.2, 0) is 10.0 Å². The number of nitrogens with one attached hydrogen (secondary N) is 2. The van der Waals surface area contributed by atoms with Gasteiger partial charge in [-0.25, -0.2) is 8.42 Å². The molecule has 2 N–H and O–H groups in total. The Hall–Kier alpha value is -3.58. The van der Waals surface area contributed by atoms with E-state index in [0.717, 1.165) is 16.9 Å². The van der Waals surface area contributed by atoms with Crippen LogP contribution in [0.5, 0.6) is 0 Å². The van der Waals surface area contributed by atoms with Crippen molar-refractivity contribution in [3.8, 4) is 11.3 Å². The third-order valence-corrected chi connectivity index (χ3v) is 6.15. The average Bonchev–Trinajstić information content (AvgIpc) is 3.23. The summed E-state index contributed by atoms with van der Waals surface area (Å²) >= 11 is 0. The Kier molecular flexibility index (Phi) is 5.77. The summed E-state index contributed by atoms with van der Waals surface area (Å²) in [4.78, 5) is 0.152. The van der Waals surface area contributed by atoms with Crippen molar-refractivity contribution in [3.63, 3.8) is 0 Å². The fourth-order valence-corrected chi connectivity index (χ4v) is 4.37. The summed E-state index contributed by atoms with van der Waals surface area (Å²) < 4.78 is 30.8. The van der Waals surface area contributed by atoms with Crippen molar-refractivity contribution in [2.45, 2.75) is 24.8 Å². The summed E-state index contributed by atoms with van der Waals surface area (Å²) in [5.41, 5.74) is 3.50. The molecule has 0 bridgehead atoms. The molecule has 6 nitrogen and oxygen atoms in total. The average molecular weight is 433 g/mol. The smallest absolute Gasteiger partial charge is 0.265 e. The number of aromatic nitrogens is 2. The van der Waals surface area contributed by atoms with Crippen LogP contribution >= 0.6 is 0 Å². The molecule has 0 radical (unpaired) electrons. The minimum absolute atomic E-state index is 0.0368. The highest BCUT2D eigenvalue weighted by atomic mass is 32.2. The van der Waals surface area contributed by atoms with Crippen molar-refractivity contribution in [2.24, 2.45) is 0 Å². The van der Waals surface area contributed by atoms with E-state index in [0.29, 0.717) is 11.4 Å². The maximum Gasteiger partial charge on any atom is 0.265 e. The molecular weight excluding hydrogens is 408 g/mol. The van der Waals surface area contributed by atoms with Crippen molar-refractivity contribution in [1.29, 1.82) is 0 Å². The van der Waals surface area contributed by atoms with Crippen molar-refractivity contribution in [2.75, 3.05) is 10.0 Å². The minimum Gasteiger partial charge on any atom is -0.356 e. The van der Waals surface area contributed by atoms with Crippen LogP contribution < -0.4 is 10.0 Å². The summed E-state index contributed by atoms with van der Waals surface area (Å²) in [6, 6.07) is 26.3. The zero-order valence-electron chi connectivity index (χ0n) is 17.4. The first-order chi connectivity index (χ1) is 14.9. The zero-order chi connectivity index (χ0) is 21.8. The fraction of sp³-hybridized carbons (Fsp3) is 0.125. The van der Waals surface area contributed by atoms with E-state index in [-0.39, 0.29) is 10.9 Å². The number of benzene rings is 3. The molecule has 0 spiro atoms. The lowest BCUT2D eigenvalue weighted by Gasteiger charge is -2.10. The van der Waals surface area contributed by atoms with Gasteiger partial charge in [-0.1, -0.05) is 48.5 Å². The van der Waals surface area contributed by atoms with Gasteiger partial charge in [0.15, 0.2) is 0 Å². The second kappa shape index (κ2) is 8.65. The maximum absolute atomic E-state index is 13.2. The summed E-state index contributed by atoms with van der Waals surface area (Å²) in [7, 11) is -3.83. The molecule has 0 aliphatic heterocycles. The molecule has 0 atom stereocenters. The van der Waals surface area contributed by atoms with Crippen molar-refractivity contribution in [3.05, 3.63) is 91.1 Å². The molecule has 0 aliphatic carbocycles. The van der Waals surface area contributed by atoms with Crippen molar-refractivity contribution >= 4 is 27.1 Å². The van der Waals surface area contributed by atoms with Gasteiger partial charge in [-0.3, -0.25) is 9.40 Å². The number of nitrogens with zero attached hydrogens (tertiary/aromatic N) is 2. The second-order valence-electron chi connectivity index (χ2n) is 7.46.